The van der Waals surface area contributed by atoms with Gasteiger partial charge < -0.3 is 4.74 Å². The Kier molecular flexibility index (Phi) is 4.33. The molecule has 1 heterocycles. The first-order valence-electron chi connectivity index (χ1n) is 15.8. The first kappa shape index (κ1) is 23.9. The van der Waals surface area contributed by atoms with Gasteiger partial charge >= 0.3 is 0 Å². The van der Waals surface area contributed by atoms with Gasteiger partial charge in [-0.25, -0.2) is 0 Å². The van der Waals surface area contributed by atoms with Gasteiger partial charge in [0.1, 0.15) is 11.2 Å². The monoisotopic (exact) mass is 570 g/mol. The highest BCUT2D eigenvalue weighted by Gasteiger charge is 2.58. The molecule has 0 bridgehead atoms. The summed E-state index contributed by atoms with van der Waals surface area (Å²) in [6.07, 6.45) is 0. The van der Waals surface area contributed by atoms with Crippen molar-refractivity contribution in [3.05, 3.63) is 191 Å². The van der Waals surface area contributed by atoms with Crippen LogP contribution in [0.25, 0.3) is 54.6 Å². The van der Waals surface area contributed by atoms with Crippen LogP contribution in [0.15, 0.2) is 158 Å². The van der Waals surface area contributed by atoms with E-state index in [0.717, 1.165) is 0 Å². The molecule has 0 unspecified atom stereocenters. The molecule has 0 saturated carbocycles. The Morgan fingerprint density at radius 2 is 0.556 bits per heavy atom. The Balaban J connectivity index is 1.47. The molecule has 0 saturated heterocycles. The smallest absolute Gasteiger partial charge is 0.147 e. The van der Waals surface area contributed by atoms with Crippen LogP contribution >= 0.6 is 0 Å². The van der Waals surface area contributed by atoms with E-state index in [1.807, 2.05) is 0 Å². The van der Waals surface area contributed by atoms with E-state index < -0.39 is 11.2 Å². The molecule has 1 nitrogen and oxygen atoms in total. The van der Waals surface area contributed by atoms with Crippen molar-refractivity contribution in [3.8, 4) is 22.3 Å². The molecule has 1 aliphatic heterocycles. The standard InChI is InChI=1S/C44H26O/c1-2-14-28-27(13-1)33-19-11-25-39-41(33)42-34(28)20-12-26-40(42)44(37-23-9-5-17-31(37)32-18-6-10-24-38(32)44)45-43(39)35-21-7-3-15-29(35)30-16-4-8-22-36(30)43/h1-26H. The van der Waals surface area contributed by atoms with Crippen molar-refractivity contribution in [1.82, 2.24) is 0 Å². The molecule has 8 aromatic carbocycles. The zero-order valence-corrected chi connectivity index (χ0v) is 24.4. The lowest BCUT2D eigenvalue weighted by atomic mass is 9.79. The summed E-state index contributed by atoms with van der Waals surface area (Å²) in [7, 11) is 0. The number of fused-ring (bicyclic) bond motifs is 15. The first-order valence-corrected chi connectivity index (χ1v) is 15.8. The molecule has 0 amide bonds. The number of hydrogen-bond donors (Lipinski definition) is 0. The summed E-state index contributed by atoms with van der Waals surface area (Å²) < 4.78 is 8.30. The largest absolute Gasteiger partial charge is 0.340 e. The quantitative estimate of drug-likeness (QED) is 0.165. The summed E-state index contributed by atoms with van der Waals surface area (Å²) in [6, 6.07) is 58.2. The molecule has 8 aromatic rings. The number of benzene rings is 8. The molecule has 0 atom stereocenters. The Hall–Kier alpha value is -5.50. The highest BCUT2D eigenvalue weighted by atomic mass is 16.5. The molecule has 2 aliphatic carbocycles. The second kappa shape index (κ2) is 8.15. The van der Waals surface area contributed by atoms with Crippen molar-refractivity contribution < 1.29 is 4.74 Å². The Labute approximate surface area is 261 Å². The zero-order valence-electron chi connectivity index (χ0n) is 24.4. The van der Waals surface area contributed by atoms with Gasteiger partial charge in [-0.15, -0.1) is 0 Å². The maximum atomic E-state index is 8.30. The van der Waals surface area contributed by atoms with E-state index in [2.05, 4.69) is 158 Å². The summed E-state index contributed by atoms with van der Waals surface area (Å²) in [4.78, 5) is 0. The summed E-state index contributed by atoms with van der Waals surface area (Å²) in [5.41, 5.74) is 10.5. The predicted octanol–water partition coefficient (Wildman–Crippen LogP) is 10.7. The fourth-order valence-corrected chi connectivity index (χ4v) is 9.16. The SMILES string of the molecule is c1ccc2c(c1)-c1ccccc1C21OC2(c3ccccc3-c3ccccc32)c2cccc3c4ccccc4c4cccc1c4c23. The van der Waals surface area contributed by atoms with Crippen LogP contribution in [0, 0.1) is 0 Å². The minimum absolute atomic E-state index is 0.855. The fourth-order valence-electron chi connectivity index (χ4n) is 9.16. The summed E-state index contributed by atoms with van der Waals surface area (Å²) in [5.74, 6) is 0. The molecular formula is C44H26O. The molecule has 0 N–H and O–H groups in total. The lowest BCUT2D eigenvalue weighted by Gasteiger charge is -2.42. The average Bonchev–Trinajstić information content (AvgIpc) is 3.51. The van der Waals surface area contributed by atoms with Crippen LogP contribution in [-0.4, -0.2) is 0 Å². The minimum atomic E-state index is -0.855. The van der Waals surface area contributed by atoms with E-state index in [1.54, 1.807) is 0 Å². The van der Waals surface area contributed by atoms with Crippen molar-refractivity contribution in [3.63, 3.8) is 0 Å². The summed E-state index contributed by atoms with van der Waals surface area (Å²) >= 11 is 0. The Morgan fingerprint density at radius 3 is 0.933 bits per heavy atom. The zero-order chi connectivity index (χ0) is 29.3. The van der Waals surface area contributed by atoms with Gasteiger partial charge in [-0.3, -0.25) is 0 Å². The number of ether oxygens (including phenoxy) is 1. The summed E-state index contributed by atoms with van der Waals surface area (Å²) in [5, 5.41) is 7.65. The third-order valence-corrected chi connectivity index (χ3v) is 10.8. The van der Waals surface area contributed by atoms with E-state index >= 15 is 0 Å². The lowest BCUT2D eigenvalue weighted by molar-refractivity contribution is -0.0736. The molecule has 11 rings (SSSR count). The number of rotatable bonds is 0. The number of hydrogen-bond acceptors (Lipinski definition) is 1. The predicted molar refractivity (Wildman–Crippen MR) is 184 cm³/mol. The first-order chi connectivity index (χ1) is 22.3. The molecule has 45 heavy (non-hydrogen) atoms. The minimum Gasteiger partial charge on any atom is -0.340 e. The van der Waals surface area contributed by atoms with E-state index in [4.69, 9.17) is 4.74 Å². The van der Waals surface area contributed by atoms with E-state index in [0.29, 0.717) is 0 Å². The Bertz CT molecular complexity index is 2320. The van der Waals surface area contributed by atoms with E-state index in [1.165, 1.54) is 88.0 Å². The summed E-state index contributed by atoms with van der Waals surface area (Å²) in [6.45, 7) is 0. The molecule has 0 radical (unpaired) electrons. The van der Waals surface area contributed by atoms with Gasteiger partial charge in [-0.2, -0.15) is 0 Å². The van der Waals surface area contributed by atoms with Crippen LogP contribution in [0.5, 0.6) is 0 Å². The van der Waals surface area contributed by atoms with Crippen molar-refractivity contribution >= 4 is 32.3 Å². The van der Waals surface area contributed by atoms with Gasteiger partial charge in [-0.1, -0.05) is 158 Å². The topological polar surface area (TPSA) is 9.23 Å². The van der Waals surface area contributed by atoms with Crippen molar-refractivity contribution in [2.75, 3.05) is 0 Å². The van der Waals surface area contributed by atoms with Gasteiger partial charge in [0.2, 0.25) is 0 Å². The lowest BCUT2D eigenvalue weighted by Crippen LogP contribution is -2.41. The third kappa shape index (κ3) is 2.64. The van der Waals surface area contributed by atoms with Gasteiger partial charge in [-0.05, 0) is 54.6 Å². The van der Waals surface area contributed by atoms with Gasteiger partial charge in [0, 0.05) is 33.4 Å². The maximum absolute atomic E-state index is 8.30. The van der Waals surface area contributed by atoms with Crippen molar-refractivity contribution in [2.45, 2.75) is 11.2 Å². The van der Waals surface area contributed by atoms with Crippen molar-refractivity contribution in [1.29, 1.82) is 0 Å². The molecule has 208 valence electrons. The molecular weight excluding hydrogens is 544 g/mol. The van der Waals surface area contributed by atoms with E-state index in [9.17, 15) is 0 Å². The van der Waals surface area contributed by atoms with Gasteiger partial charge in [0.25, 0.3) is 0 Å². The van der Waals surface area contributed by atoms with Crippen LogP contribution < -0.4 is 0 Å². The normalized spacial score (nSPS) is 15.8. The molecule has 0 fully saturated rings. The Morgan fingerprint density at radius 1 is 0.267 bits per heavy atom. The maximum Gasteiger partial charge on any atom is 0.147 e. The van der Waals surface area contributed by atoms with Crippen LogP contribution in [0.3, 0.4) is 0 Å². The molecule has 0 aromatic heterocycles. The second-order valence-electron chi connectivity index (χ2n) is 12.6. The highest BCUT2D eigenvalue weighted by Crippen LogP contribution is 2.65. The molecule has 2 spiro atoms. The third-order valence-electron chi connectivity index (χ3n) is 10.8. The fraction of sp³-hybridized carbons (Fsp3) is 0.0455. The average molecular weight is 571 g/mol. The molecule has 3 aliphatic rings. The van der Waals surface area contributed by atoms with Gasteiger partial charge in [0.05, 0.1) is 0 Å². The van der Waals surface area contributed by atoms with Gasteiger partial charge in [0.15, 0.2) is 0 Å². The van der Waals surface area contributed by atoms with Crippen LogP contribution in [-0.2, 0) is 15.9 Å². The highest BCUT2D eigenvalue weighted by molar-refractivity contribution is 6.28. The van der Waals surface area contributed by atoms with Crippen molar-refractivity contribution in [2.24, 2.45) is 0 Å². The van der Waals surface area contributed by atoms with Crippen LogP contribution in [0.2, 0.25) is 0 Å². The molecule has 1 heteroatoms. The van der Waals surface area contributed by atoms with Crippen LogP contribution in [0.1, 0.15) is 33.4 Å². The van der Waals surface area contributed by atoms with Crippen LogP contribution in [0.4, 0.5) is 0 Å². The second-order valence-corrected chi connectivity index (χ2v) is 12.6. The van der Waals surface area contributed by atoms with E-state index in [-0.39, 0.29) is 0 Å².